The molecule has 1 nitrogen and oxygen atoms in total. The maximum absolute atomic E-state index is 2.41. The molecule has 0 saturated heterocycles. The minimum Gasteiger partial charge on any atom is -0.306 e. The molecule has 1 saturated carbocycles. The number of rotatable bonds is 5. The Morgan fingerprint density at radius 1 is 0.870 bits per heavy atom. The summed E-state index contributed by atoms with van der Waals surface area (Å²) in [7, 11) is 4.18. The Hall–Kier alpha value is -1.17. The van der Waals surface area contributed by atoms with Crippen molar-refractivity contribution in [2.24, 2.45) is 5.92 Å². The summed E-state index contributed by atoms with van der Waals surface area (Å²) in [5.41, 5.74) is 0.798. The third kappa shape index (κ3) is 3.67. The van der Waals surface area contributed by atoms with Gasteiger partial charge in [0.25, 0.3) is 0 Å². The van der Waals surface area contributed by atoms with E-state index in [2.05, 4.69) is 86.6 Å². The maximum atomic E-state index is 2.41. The van der Waals surface area contributed by atoms with Crippen molar-refractivity contribution >= 4 is 18.5 Å². The van der Waals surface area contributed by atoms with Crippen molar-refractivity contribution in [1.82, 2.24) is 4.90 Å². The van der Waals surface area contributed by atoms with Gasteiger partial charge in [-0.05, 0) is 64.0 Å². The fraction of sp³-hybridized carbons (Fsp3) is 0.429. The van der Waals surface area contributed by atoms with Gasteiger partial charge in [-0.3, -0.25) is 0 Å². The molecule has 0 spiro atoms. The van der Waals surface area contributed by atoms with Gasteiger partial charge in [-0.25, -0.2) is 0 Å². The fourth-order valence-corrected chi connectivity index (χ4v) is 7.22. The average Bonchev–Trinajstić information content (AvgIpc) is 3.05. The standard InChI is InChI=1S/C21H28NP/c1-17(22(2)3)20-15-10-16-21(20)23(18-11-6-4-7-12-18)19-13-8-5-9-14-19/h4-9,11-14,17,20-21H,10,15-16H2,1-3H3. The van der Waals surface area contributed by atoms with Gasteiger partial charge in [0, 0.05) is 6.04 Å². The average molecular weight is 325 g/mol. The van der Waals surface area contributed by atoms with E-state index in [1.165, 1.54) is 29.9 Å². The molecule has 0 N–H and O–H groups in total. The number of hydrogen-bond acceptors (Lipinski definition) is 1. The van der Waals surface area contributed by atoms with Crippen LogP contribution in [-0.2, 0) is 0 Å². The molecule has 1 aliphatic carbocycles. The van der Waals surface area contributed by atoms with Crippen molar-refractivity contribution in [3.05, 3.63) is 60.7 Å². The monoisotopic (exact) mass is 325 g/mol. The molecular weight excluding hydrogens is 297 g/mol. The first-order valence-corrected chi connectivity index (χ1v) is 10.2. The van der Waals surface area contributed by atoms with E-state index in [1.54, 1.807) is 0 Å². The van der Waals surface area contributed by atoms with Crippen molar-refractivity contribution in [3.63, 3.8) is 0 Å². The number of hydrogen-bond donors (Lipinski definition) is 0. The van der Waals surface area contributed by atoms with Crippen molar-refractivity contribution in [1.29, 1.82) is 0 Å². The molecule has 0 amide bonds. The molecule has 23 heavy (non-hydrogen) atoms. The summed E-state index contributed by atoms with van der Waals surface area (Å²) in [6.07, 6.45) is 4.13. The molecule has 0 bridgehead atoms. The van der Waals surface area contributed by atoms with Crippen LogP contribution in [0.5, 0.6) is 0 Å². The second-order valence-corrected chi connectivity index (χ2v) is 9.34. The van der Waals surface area contributed by atoms with E-state index < -0.39 is 0 Å². The van der Waals surface area contributed by atoms with Gasteiger partial charge in [0.05, 0.1) is 0 Å². The molecule has 0 aromatic heterocycles. The van der Waals surface area contributed by atoms with Crippen LogP contribution < -0.4 is 10.6 Å². The Morgan fingerprint density at radius 3 is 1.87 bits per heavy atom. The molecule has 0 heterocycles. The third-order valence-corrected chi connectivity index (χ3v) is 8.38. The van der Waals surface area contributed by atoms with E-state index in [0.29, 0.717) is 6.04 Å². The predicted octanol–water partition coefficient (Wildman–Crippen LogP) is 4.24. The number of nitrogens with zero attached hydrogens (tertiary/aromatic N) is 1. The predicted molar refractivity (Wildman–Crippen MR) is 103 cm³/mol. The zero-order valence-corrected chi connectivity index (χ0v) is 15.4. The summed E-state index contributed by atoms with van der Waals surface area (Å²) in [6, 6.07) is 23.1. The topological polar surface area (TPSA) is 3.24 Å². The van der Waals surface area contributed by atoms with E-state index >= 15 is 0 Å². The van der Waals surface area contributed by atoms with Crippen LogP contribution in [0.3, 0.4) is 0 Å². The van der Waals surface area contributed by atoms with Crippen molar-refractivity contribution in [2.45, 2.75) is 37.9 Å². The van der Waals surface area contributed by atoms with Crippen LogP contribution in [0.4, 0.5) is 0 Å². The Kier molecular flexibility index (Phi) is 5.51. The number of benzene rings is 2. The second kappa shape index (κ2) is 7.60. The molecule has 3 rings (SSSR count). The molecule has 1 aliphatic rings. The summed E-state index contributed by atoms with van der Waals surface area (Å²) >= 11 is 0. The first kappa shape index (κ1) is 16.7. The molecule has 0 aliphatic heterocycles. The molecule has 1 fully saturated rings. The Morgan fingerprint density at radius 2 is 1.39 bits per heavy atom. The highest BCUT2D eigenvalue weighted by atomic mass is 31.1. The van der Waals surface area contributed by atoms with Gasteiger partial charge in [0.2, 0.25) is 0 Å². The Labute approximate surface area is 142 Å². The normalized spacial score (nSPS) is 22.7. The zero-order chi connectivity index (χ0) is 16.2. The van der Waals surface area contributed by atoms with Gasteiger partial charge in [-0.1, -0.05) is 67.1 Å². The molecule has 2 aromatic carbocycles. The van der Waals surface area contributed by atoms with E-state index in [9.17, 15) is 0 Å². The summed E-state index contributed by atoms with van der Waals surface area (Å²) < 4.78 is 0. The lowest BCUT2D eigenvalue weighted by Gasteiger charge is -2.36. The van der Waals surface area contributed by atoms with E-state index in [0.717, 1.165) is 11.6 Å². The molecule has 122 valence electrons. The van der Waals surface area contributed by atoms with Gasteiger partial charge in [0.15, 0.2) is 0 Å². The fourth-order valence-electron chi connectivity index (χ4n) is 3.94. The summed E-state index contributed by atoms with van der Waals surface area (Å²) in [4.78, 5) is 2.41. The lowest BCUT2D eigenvalue weighted by Crippen LogP contribution is -2.38. The smallest absolute Gasteiger partial charge is 0.00953 e. The first-order chi connectivity index (χ1) is 11.2. The Balaban J connectivity index is 1.98. The van der Waals surface area contributed by atoms with Crippen LogP contribution in [0.2, 0.25) is 0 Å². The van der Waals surface area contributed by atoms with Crippen molar-refractivity contribution < 1.29 is 0 Å². The van der Waals surface area contributed by atoms with Crippen LogP contribution in [0, 0.1) is 5.92 Å². The van der Waals surface area contributed by atoms with Gasteiger partial charge in [-0.2, -0.15) is 0 Å². The summed E-state index contributed by atoms with van der Waals surface area (Å²) in [5, 5.41) is 3.08. The van der Waals surface area contributed by atoms with Crippen molar-refractivity contribution in [2.75, 3.05) is 14.1 Å². The van der Waals surface area contributed by atoms with Gasteiger partial charge in [0.1, 0.15) is 0 Å². The maximum Gasteiger partial charge on any atom is 0.00953 e. The van der Waals surface area contributed by atoms with Gasteiger partial charge >= 0.3 is 0 Å². The van der Waals surface area contributed by atoms with E-state index in [4.69, 9.17) is 0 Å². The quantitative estimate of drug-likeness (QED) is 0.743. The Bertz CT molecular complexity index is 556. The van der Waals surface area contributed by atoms with Gasteiger partial charge in [-0.15, -0.1) is 0 Å². The van der Waals surface area contributed by atoms with Crippen LogP contribution in [-0.4, -0.2) is 30.7 Å². The molecule has 2 heteroatoms. The largest absolute Gasteiger partial charge is 0.306 e. The van der Waals surface area contributed by atoms with Crippen LogP contribution in [0.1, 0.15) is 26.2 Å². The summed E-state index contributed by atoms with van der Waals surface area (Å²) in [5.74, 6) is 0.802. The third-order valence-electron chi connectivity index (χ3n) is 5.37. The van der Waals surface area contributed by atoms with Gasteiger partial charge < -0.3 is 4.90 Å². The summed E-state index contributed by atoms with van der Waals surface area (Å²) in [6.45, 7) is 2.41. The van der Waals surface area contributed by atoms with Crippen LogP contribution >= 0.6 is 7.92 Å². The minimum atomic E-state index is -0.275. The highest BCUT2D eigenvalue weighted by Crippen LogP contribution is 2.51. The molecule has 0 radical (unpaired) electrons. The highest BCUT2D eigenvalue weighted by molar-refractivity contribution is 7.73. The lowest BCUT2D eigenvalue weighted by atomic mass is 9.98. The molecular formula is C21H28NP. The molecule has 3 atom stereocenters. The SMILES string of the molecule is CC(C1CCCC1P(c1ccccc1)c1ccccc1)N(C)C. The van der Waals surface area contributed by atoms with E-state index in [-0.39, 0.29) is 7.92 Å². The zero-order valence-electron chi connectivity index (χ0n) is 14.5. The lowest BCUT2D eigenvalue weighted by molar-refractivity contribution is 0.232. The highest BCUT2D eigenvalue weighted by Gasteiger charge is 2.38. The van der Waals surface area contributed by atoms with E-state index in [1.807, 2.05) is 0 Å². The second-order valence-electron chi connectivity index (χ2n) is 6.91. The molecule has 3 unspecified atom stereocenters. The van der Waals surface area contributed by atoms with Crippen LogP contribution in [0.15, 0.2) is 60.7 Å². The van der Waals surface area contributed by atoms with Crippen LogP contribution in [0.25, 0.3) is 0 Å². The van der Waals surface area contributed by atoms with Crippen molar-refractivity contribution in [3.8, 4) is 0 Å². The molecule has 2 aromatic rings. The first-order valence-electron chi connectivity index (χ1n) is 8.74. The minimum absolute atomic E-state index is 0.275.